The molecule has 1 amide bonds. The van der Waals surface area contributed by atoms with Gasteiger partial charge in [0.05, 0.1) is 17.7 Å². The van der Waals surface area contributed by atoms with Gasteiger partial charge >= 0.3 is 0 Å². The van der Waals surface area contributed by atoms with Crippen LogP contribution < -0.4 is 10.6 Å². The Morgan fingerprint density at radius 1 is 1.04 bits per heavy atom. The molecule has 0 aliphatic rings. The van der Waals surface area contributed by atoms with Crippen molar-refractivity contribution in [2.75, 3.05) is 17.2 Å². The highest BCUT2D eigenvalue weighted by molar-refractivity contribution is 6.01. The minimum Gasteiger partial charge on any atom is -0.376 e. The third-order valence-corrected chi connectivity index (χ3v) is 3.63. The Balaban J connectivity index is 1.67. The van der Waals surface area contributed by atoms with E-state index in [4.69, 9.17) is 0 Å². The Hall–Kier alpha value is -3.21. The van der Waals surface area contributed by atoms with Gasteiger partial charge in [-0.25, -0.2) is 0 Å². The van der Waals surface area contributed by atoms with Gasteiger partial charge in [0.1, 0.15) is 0 Å². The maximum atomic E-state index is 12.2. The second kappa shape index (κ2) is 6.91. The van der Waals surface area contributed by atoms with Crippen LogP contribution >= 0.6 is 0 Å². The molecule has 0 atom stereocenters. The molecule has 3 rings (SSSR count). The van der Waals surface area contributed by atoms with Gasteiger partial charge in [-0.15, -0.1) is 0 Å². The van der Waals surface area contributed by atoms with Gasteiger partial charge in [0.25, 0.3) is 0 Å². The third-order valence-electron chi connectivity index (χ3n) is 3.63. The Bertz CT molecular complexity index is 901. The summed E-state index contributed by atoms with van der Waals surface area (Å²) >= 11 is 0. The molecule has 5 heteroatoms. The number of ketones is 1. The number of pyridine rings is 1. The first-order valence-electron chi connectivity index (χ1n) is 7.62. The maximum absolute atomic E-state index is 12.2. The Labute approximate surface area is 139 Å². The highest BCUT2D eigenvalue weighted by atomic mass is 16.2. The molecule has 2 aromatic carbocycles. The highest BCUT2D eigenvalue weighted by Gasteiger charge is 2.07. The van der Waals surface area contributed by atoms with Crippen molar-refractivity contribution in [3.8, 4) is 0 Å². The Kier molecular flexibility index (Phi) is 4.52. The lowest BCUT2D eigenvalue weighted by atomic mass is 10.1. The van der Waals surface area contributed by atoms with E-state index in [1.54, 1.807) is 24.4 Å². The molecule has 0 fully saturated rings. The summed E-state index contributed by atoms with van der Waals surface area (Å²) in [6.07, 6.45) is 1.70. The molecule has 1 aromatic heterocycles. The monoisotopic (exact) mass is 319 g/mol. The van der Waals surface area contributed by atoms with Gasteiger partial charge in [-0.2, -0.15) is 0 Å². The first-order chi connectivity index (χ1) is 11.6. The lowest BCUT2D eigenvalue weighted by Gasteiger charge is -2.10. The van der Waals surface area contributed by atoms with E-state index in [2.05, 4.69) is 15.6 Å². The first-order valence-corrected chi connectivity index (χ1v) is 7.62. The maximum Gasteiger partial charge on any atom is 0.243 e. The summed E-state index contributed by atoms with van der Waals surface area (Å²) in [4.78, 5) is 27.9. The number of benzene rings is 2. The molecule has 5 nitrogen and oxygen atoms in total. The molecule has 1 heterocycles. The number of aromatic nitrogens is 1. The van der Waals surface area contributed by atoms with E-state index in [-0.39, 0.29) is 18.2 Å². The fraction of sp³-hybridized carbons (Fsp3) is 0.105. The number of hydrogen-bond donors (Lipinski definition) is 2. The molecule has 3 aromatic rings. The molecule has 0 radical (unpaired) electrons. The second-order valence-electron chi connectivity index (χ2n) is 5.42. The number of rotatable bonds is 5. The predicted molar refractivity (Wildman–Crippen MR) is 95.3 cm³/mol. The molecule has 0 saturated carbocycles. The van der Waals surface area contributed by atoms with Crippen LogP contribution in [0.15, 0.2) is 60.8 Å². The lowest BCUT2D eigenvalue weighted by molar-refractivity contribution is -0.114. The molecule has 0 unspecified atom stereocenters. The van der Waals surface area contributed by atoms with Crippen molar-refractivity contribution < 1.29 is 9.59 Å². The molecular weight excluding hydrogens is 302 g/mol. The number of para-hydroxylation sites is 1. The van der Waals surface area contributed by atoms with Crippen molar-refractivity contribution in [3.05, 3.63) is 66.4 Å². The number of amides is 1. The van der Waals surface area contributed by atoms with Crippen LogP contribution in [0.5, 0.6) is 0 Å². The zero-order chi connectivity index (χ0) is 16.9. The van der Waals surface area contributed by atoms with E-state index in [1.165, 1.54) is 6.92 Å². The summed E-state index contributed by atoms with van der Waals surface area (Å²) in [6.45, 7) is 1.61. The van der Waals surface area contributed by atoms with Crippen LogP contribution in [-0.2, 0) is 4.79 Å². The van der Waals surface area contributed by atoms with Crippen LogP contribution in [0.4, 0.5) is 11.4 Å². The average Bonchev–Trinajstić information content (AvgIpc) is 2.60. The highest BCUT2D eigenvalue weighted by Crippen LogP contribution is 2.20. The molecule has 2 N–H and O–H groups in total. The molecule has 0 spiro atoms. The normalized spacial score (nSPS) is 10.4. The van der Waals surface area contributed by atoms with Gasteiger partial charge < -0.3 is 10.6 Å². The van der Waals surface area contributed by atoms with Crippen molar-refractivity contribution in [1.82, 2.24) is 4.98 Å². The SMILES string of the molecule is CC(=O)c1cccc(NCC(=O)Nc2cccc3cccnc23)c1. The Morgan fingerprint density at radius 2 is 1.83 bits per heavy atom. The minimum atomic E-state index is -0.179. The fourth-order valence-corrected chi connectivity index (χ4v) is 2.43. The smallest absolute Gasteiger partial charge is 0.243 e. The van der Waals surface area contributed by atoms with E-state index >= 15 is 0 Å². The summed E-state index contributed by atoms with van der Waals surface area (Å²) in [5.74, 6) is -0.189. The van der Waals surface area contributed by atoms with Crippen molar-refractivity contribution in [2.24, 2.45) is 0 Å². The lowest BCUT2D eigenvalue weighted by Crippen LogP contribution is -2.22. The van der Waals surface area contributed by atoms with E-state index in [0.717, 1.165) is 16.6 Å². The van der Waals surface area contributed by atoms with Crippen LogP contribution in [0, 0.1) is 0 Å². The second-order valence-corrected chi connectivity index (χ2v) is 5.42. The van der Waals surface area contributed by atoms with E-state index < -0.39 is 0 Å². The number of carbonyl (C=O) groups is 2. The average molecular weight is 319 g/mol. The molecule has 24 heavy (non-hydrogen) atoms. The molecule has 120 valence electrons. The van der Waals surface area contributed by atoms with Gasteiger partial charge in [-0.05, 0) is 31.2 Å². The van der Waals surface area contributed by atoms with Gasteiger partial charge in [0.2, 0.25) is 5.91 Å². The molecule has 0 aliphatic heterocycles. The van der Waals surface area contributed by atoms with E-state index in [9.17, 15) is 9.59 Å². The number of nitrogens with zero attached hydrogens (tertiary/aromatic N) is 1. The minimum absolute atomic E-state index is 0.00932. The first kappa shape index (κ1) is 15.7. The topological polar surface area (TPSA) is 71.1 Å². The third kappa shape index (κ3) is 3.57. The fourth-order valence-electron chi connectivity index (χ4n) is 2.43. The summed E-state index contributed by atoms with van der Waals surface area (Å²) < 4.78 is 0. The zero-order valence-corrected chi connectivity index (χ0v) is 13.2. The quantitative estimate of drug-likeness (QED) is 0.706. The number of Topliss-reactive ketones (excluding diaryl/α,β-unsaturated/α-hetero) is 1. The molecule has 0 bridgehead atoms. The molecule has 0 aliphatic carbocycles. The zero-order valence-electron chi connectivity index (χ0n) is 13.2. The largest absolute Gasteiger partial charge is 0.376 e. The summed E-state index contributed by atoms with van der Waals surface area (Å²) in [5.41, 5.74) is 2.77. The van der Waals surface area contributed by atoms with Gasteiger partial charge in [0, 0.05) is 22.8 Å². The van der Waals surface area contributed by atoms with Crippen molar-refractivity contribution in [2.45, 2.75) is 6.92 Å². The summed E-state index contributed by atoms with van der Waals surface area (Å²) in [6, 6.07) is 16.5. The van der Waals surface area contributed by atoms with Crippen LogP contribution in [0.1, 0.15) is 17.3 Å². The number of fused-ring (bicyclic) bond motifs is 1. The number of hydrogen-bond acceptors (Lipinski definition) is 4. The predicted octanol–water partition coefficient (Wildman–Crippen LogP) is 3.49. The molecular formula is C19H17N3O2. The van der Waals surface area contributed by atoms with Gasteiger partial charge in [-0.1, -0.05) is 30.3 Å². The van der Waals surface area contributed by atoms with Crippen molar-refractivity contribution in [3.63, 3.8) is 0 Å². The standard InChI is InChI=1S/C19H17N3O2/c1-13(23)15-6-2-8-16(11-15)21-12-18(24)22-17-9-3-5-14-7-4-10-20-19(14)17/h2-11,21H,12H2,1H3,(H,22,24). The number of anilines is 2. The number of carbonyl (C=O) groups excluding carboxylic acids is 2. The van der Waals surface area contributed by atoms with Crippen molar-refractivity contribution >= 4 is 34.0 Å². The van der Waals surface area contributed by atoms with Crippen LogP contribution in [0.25, 0.3) is 10.9 Å². The van der Waals surface area contributed by atoms with E-state index in [0.29, 0.717) is 11.3 Å². The number of nitrogens with one attached hydrogen (secondary N) is 2. The van der Waals surface area contributed by atoms with Crippen molar-refractivity contribution in [1.29, 1.82) is 0 Å². The van der Waals surface area contributed by atoms with E-state index in [1.807, 2.05) is 36.4 Å². The van der Waals surface area contributed by atoms with Crippen LogP contribution in [0.2, 0.25) is 0 Å². The molecule has 0 saturated heterocycles. The summed E-state index contributed by atoms with van der Waals surface area (Å²) in [5, 5.41) is 6.85. The van der Waals surface area contributed by atoms with Gasteiger partial charge in [-0.3, -0.25) is 14.6 Å². The van der Waals surface area contributed by atoms with Gasteiger partial charge in [0.15, 0.2) is 5.78 Å². The summed E-state index contributed by atoms with van der Waals surface area (Å²) in [7, 11) is 0. The Morgan fingerprint density at radius 3 is 2.67 bits per heavy atom. The van der Waals surface area contributed by atoms with Crippen LogP contribution in [-0.4, -0.2) is 23.2 Å². The van der Waals surface area contributed by atoms with Crippen LogP contribution in [0.3, 0.4) is 0 Å².